The number of unbranched alkanes of at least 4 members (excludes halogenated alkanes) is 1. The van der Waals surface area contributed by atoms with Crippen LogP contribution in [0.15, 0.2) is 24.8 Å². The van der Waals surface area contributed by atoms with Crippen LogP contribution in [-0.4, -0.2) is 14.4 Å². The standard InChI is InChI=1S/C7H7N3.C4H10/c1-6-4-9-7-8-2-3-10(7)5-6;1-3-4-2/h2-5H,1H3;3-4H2,1-2H3. The van der Waals surface area contributed by atoms with E-state index in [0.717, 1.165) is 11.3 Å². The van der Waals surface area contributed by atoms with Crippen molar-refractivity contribution >= 4 is 5.78 Å². The number of hydrogen-bond acceptors (Lipinski definition) is 2. The summed E-state index contributed by atoms with van der Waals surface area (Å²) in [7, 11) is 0. The van der Waals surface area contributed by atoms with Crippen molar-refractivity contribution in [3.63, 3.8) is 0 Å². The highest BCUT2D eigenvalue weighted by Gasteiger charge is 1.91. The molecular weight excluding hydrogens is 174 g/mol. The molecular formula is C11H17N3. The van der Waals surface area contributed by atoms with Crippen molar-refractivity contribution in [2.45, 2.75) is 33.6 Å². The second-order valence-electron chi connectivity index (χ2n) is 3.27. The Balaban J connectivity index is 0.000000213. The van der Waals surface area contributed by atoms with Gasteiger partial charge in [0.05, 0.1) is 0 Å². The highest BCUT2D eigenvalue weighted by molar-refractivity contribution is 5.27. The first-order valence-electron chi connectivity index (χ1n) is 5.03. The summed E-state index contributed by atoms with van der Waals surface area (Å²) in [5, 5.41) is 0. The van der Waals surface area contributed by atoms with Crippen molar-refractivity contribution in [1.29, 1.82) is 0 Å². The zero-order valence-corrected chi connectivity index (χ0v) is 9.07. The molecule has 0 aromatic carbocycles. The fourth-order valence-corrected chi connectivity index (χ4v) is 0.918. The van der Waals surface area contributed by atoms with Gasteiger partial charge < -0.3 is 0 Å². The Labute approximate surface area is 84.8 Å². The van der Waals surface area contributed by atoms with Crippen LogP contribution in [0.1, 0.15) is 32.3 Å². The summed E-state index contributed by atoms with van der Waals surface area (Å²) in [4.78, 5) is 8.10. The van der Waals surface area contributed by atoms with Crippen molar-refractivity contribution in [3.8, 4) is 0 Å². The minimum Gasteiger partial charge on any atom is -0.291 e. The minimum atomic E-state index is 0.755. The van der Waals surface area contributed by atoms with Gasteiger partial charge in [-0.3, -0.25) is 4.40 Å². The van der Waals surface area contributed by atoms with E-state index >= 15 is 0 Å². The van der Waals surface area contributed by atoms with Gasteiger partial charge >= 0.3 is 0 Å². The second kappa shape index (κ2) is 5.37. The summed E-state index contributed by atoms with van der Waals surface area (Å²) >= 11 is 0. The maximum absolute atomic E-state index is 4.09. The lowest BCUT2D eigenvalue weighted by Gasteiger charge is -1.91. The van der Waals surface area contributed by atoms with Crippen LogP contribution in [0.5, 0.6) is 0 Å². The van der Waals surface area contributed by atoms with Gasteiger partial charge in [0.2, 0.25) is 5.78 Å². The maximum Gasteiger partial charge on any atom is 0.233 e. The summed E-state index contributed by atoms with van der Waals surface area (Å²) in [5.41, 5.74) is 1.14. The highest BCUT2D eigenvalue weighted by Crippen LogP contribution is 1.97. The normalized spacial score (nSPS) is 9.64. The number of hydrogen-bond donors (Lipinski definition) is 0. The first-order chi connectivity index (χ1) is 6.77. The van der Waals surface area contributed by atoms with Crippen LogP contribution < -0.4 is 0 Å². The van der Waals surface area contributed by atoms with E-state index in [-0.39, 0.29) is 0 Å². The van der Waals surface area contributed by atoms with E-state index in [1.165, 1.54) is 12.8 Å². The predicted molar refractivity (Wildman–Crippen MR) is 58.3 cm³/mol. The molecule has 0 N–H and O–H groups in total. The fourth-order valence-electron chi connectivity index (χ4n) is 0.918. The van der Waals surface area contributed by atoms with Crippen molar-refractivity contribution in [2.75, 3.05) is 0 Å². The molecule has 2 aromatic rings. The number of fused-ring (bicyclic) bond motifs is 1. The Bertz CT molecular complexity index is 377. The van der Waals surface area contributed by atoms with Crippen LogP contribution in [-0.2, 0) is 0 Å². The Morgan fingerprint density at radius 3 is 2.57 bits per heavy atom. The van der Waals surface area contributed by atoms with Gasteiger partial charge in [-0.05, 0) is 12.5 Å². The molecule has 0 spiro atoms. The molecule has 0 fully saturated rings. The SMILES string of the molecule is CCCC.Cc1cnc2nccn2c1. The van der Waals surface area contributed by atoms with Crippen molar-refractivity contribution in [1.82, 2.24) is 14.4 Å². The molecule has 0 amide bonds. The Hall–Kier alpha value is -1.38. The van der Waals surface area contributed by atoms with E-state index in [4.69, 9.17) is 0 Å². The molecule has 0 atom stereocenters. The monoisotopic (exact) mass is 191 g/mol. The van der Waals surface area contributed by atoms with Gasteiger partial charge in [-0.2, -0.15) is 0 Å². The Morgan fingerprint density at radius 2 is 1.93 bits per heavy atom. The predicted octanol–water partition coefficient (Wildman–Crippen LogP) is 2.84. The zero-order valence-electron chi connectivity index (χ0n) is 9.07. The molecule has 0 radical (unpaired) electrons. The van der Waals surface area contributed by atoms with Gasteiger partial charge in [0.15, 0.2) is 0 Å². The Kier molecular flexibility index (Phi) is 4.11. The lowest BCUT2D eigenvalue weighted by molar-refractivity contribution is 0.886. The molecule has 0 bridgehead atoms. The van der Waals surface area contributed by atoms with Gasteiger partial charge in [-0.15, -0.1) is 0 Å². The number of aryl methyl sites for hydroxylation is 1. The second-order valence-corrected chi connectivity index (χ2v) is 3.27. The molecule has 0 aliphatic heterocycles. The smallest absolute Gasteiger partial charge is 0.233 e. The van der Waals surface area contributed by atoms with Gasteiger partial charge in [0, 0.05) is 24.8 Å². The Morgan fingerprint density at radius 1 is 1.21 bits per heavy atom. The molecule has 0 saturated heterocycles. The van der Waals surface area contributed by atoms with Gasteiger partial charge in [-0.1, -0.05) is 26.7 Å². The number of nitrogens with zero attached hydrogens (tertiary/aromatic N) is 3. The summed E-state index contributed by atoms with van der Waals surface area (Å²) in [6.45, 7) is 6.37. The third-order valence-electron chi connectivity index (χ3n) is 1.87. The number of imidazole rings is 1. The van der Waals surface area contributed by atoms with Crippen molar-refractivity contribution in [2.24, 2.45) is 0 Å². The number of rotatable bonds is 1. The average molecular weight is 191 g/mol. The van der Waals surface area contributed by atoms with Gasteiger partial charge in [-0.25, -0.2) is 9.97 Å². The van der Waals surface area contributed by atoms with E-state index in [1.54, 1.807) is 6.20 Å². The van der Waals surface area contributed by atoms with Gasteiger partial charge in [0.25, 0.3) is 0 Å². The molecule has 2 aromatic heterocycles. The number of aromatic nitrogens is 3. The minimum absolute atomic E-state index is 0.755. The van der Waals surface area contributed by atoms with E-state index in [2.05, 4.69) is 23.8 Å². The largest absolute Gasteiger partial charge is 0.291 e. The van der Waals surface area contributed by atoms with E-state index < -0.39 is 0 Å². The molecule has 0 saturated carbocycles. The van der Waals surface area contributed by atoms with Crippen molar-refractivity contribution < 1.29 is 0 Å². The quantitative estimate of drug-likeness (QED) is 0.693. The van der Waals surface area contributed by atoms with Crippen LogP contribution >= 0.6 is 0 Å². The van der Waals surface area contributed by atoms with Crippen LogP contribution in [0.2, 0.25) is 0 Å². The summed E-state index contributed by atoms with van der Waals surface area (Å²) in [5.74, 6) is 0.755. The third kappa shape index (κ3) is 2.83. The lowest BCUT2D eigenvalue weighted by Crippen LogP contribution is -1.87. The van der Waals surface area contributed by atoms with Gasteiger partial charge in [0.1, 0.15) is 0 Å². The summed E-state index contributed by atoms with van der Waals surface area (Å²) in [6.07, 6.45) is 10.1. The van der Waals surface area contributed by atoms with Crippen LogP contribution in [0.25, 0.3) is 5.78 Å². The summed E-state index contributed by atoms with van der Waals surface area (Å²) < 4.78 is 1.90. The fraction of sp³-hybridized carbons (Fsp3) is 0.455. The van der Waals surface area contributed by atoms with E-state index in [0.29, 0.717) is 0 Å². The zero-order chi connectivity index (χ0) is 10.4. The molecule has 0 aliphatic carbocycles. The molecule has 3 heteroatoms. The first-order valence-corrected chi connectivity index (χ1v) is 5.03. The molecule has 2 rings (SSSR count). The van der Waals surface area contributed by atoms with Crippen LogP contribution in [0.3, 0.4) is 0 Å². The third-order valence-corrected chi connectivity index (χ3v) is 1.87. The topological polar surface area (TPSA) is 30.2 Å². The highest BCUT2D eigenvalue weighted by atomic mass is 15.1. The lowest BCUT2D eigenvalue weighted by atomic mass is 10.4. The average Bonchev–Trinajstić information content (AvgIpc) is 2.65. The molecule has 0 unspecified atom stereocenters. The maximum atomic E-state index is 4.09. The molecule has 3 nitrogen and oxygen atoms in total. The first kappa shape index (κ1) is 10.7. The molecule has 2 heterocycles. The summed E-state index contributed by atoms with van der Waals surface area (Å²) in [6, 6.07) is 0. The van der Waals surface area contributed by atoms with Crippen LogP contribution in [0, 0.1) is 6.92 Å². The molecule has 76 valence electrons. The van der Waals surface area contributed by atoms with Crippen LogP contribution in [0.4, 0.5) is 0 Å². The van der Waals surface area contributed by atoms with E-state index in [9.17, 15) is 0 Å². The molecule has 14 heavy (non-hydrogen) atoms. The molecule has 0 aliphatic rings. The van der Waals surface area contributed by atoms with Crippen molar-refractivity contribution in [3.05, 3.63) is 30.4 Å². The van der Waals surface area contributed by atoms with E-state index in [1.807, 2.05) is 29.9 Å².